The number of hydrogen-bond acceptors (Lipinski definition) is 4. The largest absolute Gasteiger partial charge is 0.476 e. The maximum absolute atomic E-state index is 11.6. The van der Waals surface area contributed by atoms with Gasteiger partial charge in [-0.25, -0.2) is 4.79 Å². The SMILES string of the molecule is O=C(CCC(C(=O)O)[N+](=O)[O-])c1ccccc1. The second kappa shape index (κ2) is 5.74. The van der Waals surface area contributed by atoms with Crippen molar-refractivity contribution in [1.29, 1.82) is 0 Å². The minimum atomic E-state index is -1.72. The maximum Gasteiger partial charge on any atom is 0.379 e. The van der Waals surface area contributed by atoms with Gasteiger partial charge in [-0.2, -0.15) is 0 Å². The summed E-state index contributed by atoms with van der Waals surface area (Å²) >= 11 is 0. The summed E-state index contributed by atoms with van der Waals surface area (Å²) in [5, 5.41) is 19.0. The number of carboxylic acids is 1. The number of nitro groups is 1. The normalized spacial score (nSPS) is 11.8. The van der Waals surface area contributed by atoms with E-state index in [4.69, 9.17) is 5.11 Å². The molecular formula is C11H11NO5. The van der Waals surface area contributed by atoms with E-state index >= 15 is 0 Å². The first kappa shape index (κ1) is 12.8. The van der Waals surface area contributed by atoms with Crippen LogP contribution in [0.3, 0.4) is 0 Å². The van der Waals surface area contributed by atoms with E-state index in [0.29, 0.717) is 5.56 Å². The van der Waals surface area contributed by atoms with Gasteiger partial charge in [0.25, 0.3) is 0 Å². The molecule has 0 fully saturated rings. The van der Waals surface area contributed by atoms with Crippen LogP contribution in [0.2, 0.25) is 0 Å². The van der Waals surface area contributed by atoms with Crippen molar-refractivity contribution in [3.63, 3.8) is 0 Å². The highest BCUT2D eigenvalue weighted by Gasteiger charge is 2.29. The lowest BCUT2D eigenvalue weighted by atomic mass is 10.0. The standard InChI is InChI=1S/C11H11NO5/c13-10(8-4-2-1-3-5-8)7-6-9(11(14)15)12(16)17/h1-5,9H,6-7H2,(H,14,15). The number of carboxylic acid groups (broad SMARTS) is 1. The first-order chi connectivity index (χ1) is 8.02. The Hall–Kier alpha value is -2.24. The Morgan fingerprint density at radius 3 is 2.35 bits per heavy atom. The lowest BCUT2D eigenvalue weighted by molar-refractivity contribution is -0.510. The Balaban J connectivity index is 2.59. The number of aliphatic carboxylic acids is 1. The van der Waals surface area contributed by atoms with Crippen molar-refractivity contribution < 1.29 is 19.6 Å². The maximum atomic E-state index is 11.6. The summed E-state index contributed by atoms with van der Waals surface area (Å²) in [5.41, 5.74) is 0.431. The van der Waals surface area contributed by atoms with E-state index in [1.807, 2.05) is 0 Å². The van der Waals surface area contributed by atoms with Gasteiger partial charge in [0.15, 0.2) is 5.78 Å². The zero-order chi connectivity index (χ0) is 12.8. The van der Waals surface area contributed by atoms with Gasteiger partial charge in [-0.1, -0.05) is 30.3 Å². The highest BCUT2D eigenvalue weighted by atomic mass is 16.6. The first-order valence-electron chi connectivity index (χ1n) is 4.97. The molecular weight excluding hydrogens is 226 g/mol. The van der Waals surface area contributed by atoms with E-state index in [1.54, 1.807) is 30.3 Å². The van der Waals surface area contributed by atoms with Gasteiger partial charge >= 0.3 is 12.0 Å². The molecule has 0 spiro atoms. The summed E-state index contributed by atoms with van der Waals surface area (Å²) in [6, 6.07) is 6.55. The molecule has 1 atom stereocenters. The Bertz CT molecular complexity index is 415. The molecule has 0 aliphatic rings. The second-order valence-corrected chi connectivity index (χ2v) is 3.47. The number of Topliss-reactive ketones (excluding diaryl/α,β-unsaturated/α-hetero) is 1. The molecule has 0 amide bonds. The van der Waals surface area contributed by atoms with Gasteiger partial charge < -0.3 is 5.11 Å². The quantitative estimate of drug-likeness (QED) is 0.458. The minimum Gasteiger partial charge on any atom is -0.476 e. The van der Waals surface area contributed by atoms with Crippen molar-refractivity contribution in [2.24, 2.45) is 0 Å². The van der Waals surface area contributed by atoms with E-state index in [9.17, 15) is 19.7 Å². The van der Waals surface area contributed by atoms with E-state index in [-0.39, 0.29) is 18.6 Å². The van der Waals surface area contributed by atoms with Crippen molar-refractivity contribution in [1.82, 2.24) is 0 Å². The highest BCUT2D eigenvalue weighted by molar-refractivity contribution is 5.96. The zero-order valence-corrected chi connectivity index (χ0v) is 8.91. The highest BCUT2D eigenvalue weighted by Crippen LogP contribution is 2.08. The van der Waals surface area contributed by atoms with Crippen LogP contribution in [0.25, 0.3) is 0 Å². The van der Waals surface area contributed by atoms with Crippen LogP contribution in [0.15, 0.2) is 30.3 Å². The molecule has 6 heteroatoms. The lowest BCUT2D eigenvalue weighted by Crippen LogP contribution is -2.29. The van der Waals surface area contributed by atoms with Crippen molar-refractivity contribution in [3.05, 3.63) is 46.0 Å². The van der Waals surface area contributed by atoms with Crippen LogP contribution < -0.4 is 0 Å². The van der Waals surface area contributed by atoms with Gasteiger partial charge in [0, 0.05) is 23.3 Å². The van der Waals surface area contributed by atoms with Gasteiger partial charge in [0.05, 0.1) is 0 Å². The van der Waals surface area contributed by atoms with Crippen molar-refractivity contribution in [3.8, 4) is 0 Å². The van der Waals surface area contributed by atoms with Crippen molar-refractivity contribution in [2.75, 3.05) is 0 Å². The van der Waals surface area contributed by atoms with Gasteiger partial charge in [-0.15, -0.1) is 0 Å². The van der Waals surface area contributed by atoms with Crippen LogP contribution >= 0.6 is 0 Å². The van der Waals surface area contributed by atoms with E-state index < -0.39 is 16.9 Å². The Morgan fingerprint density at radius 2 is 1.88 bits per heavy atom. The number of ketones is 1. The summed E-state index contributed by atoms with van der Waals surface area (Å²) in [6.45, 7) is 0. The molecule has 0 saturated heterocycles. The van der Waals surface area contributed by atoms with E-state index in [0.717, 1.165) is 0 Å². The van der Waals surface area contributed by atoms with Crippen LogP contribution in [0, 0.1) is 10.1 Å². The Kier molecular flexibility index (Phi) is 4.33. The summed E-state index contributed by atoms with van der Waals surface area (Å²) in [4.78, 5) is 31.6. The molecule has 1 rings (SSSR count). The third-order valence-corrected chi connectivity index (χ3v) is 2.28. The predicted molar refractivity (Wildman–Crippen MR) is 58.4 cm³/mol. The van der Waals surface area contributed by atoms with Gasteiger partial charge in [-0.05, 0) is 0 Å². The minimum absolute atomic E-state index is 0.151. The van der Waals surface area contributed by atoms with Crippen LogP contribution in [0.1, 0.15) is 23.2 Å². The summed E-state index contributed by atoms with van der Waals surface area (Å²) in [5.74, 6) is -1.81. The summed E-state index contributed by atoms with van der Waals surface area (Å²) in [7, 11) is 0. The molecule has 0 saturated carbocycles. The molecule has 0 aliphatic heterocycles. The second-order valence-electron chi connectivity index (χ2n) is 3.47. The number of nitrogens with zero attached hydrogens (tertiary/aromatic N) is 1. The fourth-order valence-electron chi connectivity index (χ4n) is 1.36. The van der Waals surface area contributed by atoms with Gasteiger partial charge in [-0.3, -0.25) is 14.9 Å². The molecule has 17 heavy (non-hydrogen) atoms. The monoisotopic (exact) mass is 237 g/mol. The number of benzene rings is 1. The van der Waals surface area contributed by atoms with Gasteiger partial charge in [0.1, 0.15) is 0 Å². The topological polar surface area (TPSA) is 97.5 Å². The van der Waals surface area contributed by atoms with Crippen molar-refractivity contribution in [2.45, 2.75) is 18.9 Å². The Labute approximate surface area is 97.0 Å². The first-order valence-corrected chi connectivity index (χ1v) is 4.97. The third kappa shape index (κ3) is 3.67. The number of rotatable bonds is 6. The summed E-state index contributed by atoms with van der Waals surface area (Å²) in [6.07, 6.45) is -0.446. The third-order valence-electron chi connectivity index (χ3n) is 2.28. The molecule has 0 aliphatic carbocycles. The molecule has 1 aromatic carbocycles. The van der Waals surface area contributed by atoms with E-state index in [2.05, 4.69) is 0 Å². The molecule has 1 N–H and O–H groups in total. The fraction of sp³-hybridized carbons (Fsp3) is 0.273. The number of hydrogen-bond donors (Lipinski definition) is 1. The average molecular weight is 237 g/mol. The smallest absolute Gasteiger partial charge is 0.379 e. The molecule has 0 bridgehead atoms. The molecule has 1 aromatic rings. The predicted octanol–water partition coefficient (Wildman–Crippen LogP) is 1.38. The Morgan fingerprint density at radius 1 is 1.29 bits per heavy atom. The van der Waals surface area contributed by atoms with E-state index in [1.165, 1.54) is 0 Å². The van der Waals surface area contributed by atoms with Crippen LogP contribution in [0.5, 0.6) is 0 Å². The van der Waals surface area contributed by atoms with Crippen LogP contribution in [-0.4, -0.2) is 27.8 Å². The fourth-order valence-corrected chi connectivity index (χ4v) is 1.36. The zero-order valence-electron chi connectivity index (χ0n) is 8.91. The van der Waals surface area contributed by atoms with Gasteiger partial charge in [0.2, 0.25) is 0 Å². The number of carbonyl (C=O) groups excluding carboxylic acids is 1. The molecule has 0 aromatic heterocycles. The average Bonchev–Trinajstić information content (AvgIpc) is 2.29. The summed E-state index contributed by atoms with van der Waals surface area (Å²) < 4.78 is 0. The molecule has 0 radical (unpaired) electrons. The molecule has 6 nitrogen and oxygen atoms in total. The number of carbonyl (C=O) groups is 2. The van der Waals surface area contributed by atoms with Crippen LogP contribution in [0.4, 0.5) is 0 Å². The molecule has 1 unspecified atom stereocenters. The van der Waals surface area contributed by atoms with Crippen molar-refractivity contribution >= 4 is 11.8 Å². The molecule has 0 heterocycles. The molecule has 90 valence electrons. The lowest BCUT2D eigenvalue weighted by Gasteiger charge is -2.04. The van der Waals surface area contributed by atoms with Crippen LogP contribution in [-0.2, 0) is 4.79 Å².